The third-order valence-corrected chi connectivity index (χ3v) is 5.75. The van der Waals surface area contributed by atoms with E-state index in [1.54, 1.807) is 26.4 Å². The van der Waals surface area contributed by atoms with Crippen LogP contribution in [0, 0.1) is 5.92 Å². The minimum atomic E-state index is -0.150. The van der Waals surface area contributed by atoms with Crippen molar-refractivity contribution in [1.29, 1.82) is 0 Å². The van der Waals surface area contributed by atoms with Gasteiger partial charge in [-0.05, 0) is 50.2 Å². The number of rotatable bonds is 9. The molecule has 1 aromatic carbocycles. The molecule has 6 heteroatoms. The van der Waals surface area contributed by atoms with E-state index in [0.29, 0.717) is 30.2 Å². The Morgan fingerprint density at radius 1 is 1.17 bits per heavy atom. The van der Waals surface area contributed by atoms with Crippen LogP contribution in [0.3, 0.4) is 0 Å². The summed E-state index contributed by atoms with van der Waals surface area (Å²) < 4.78 is 16.6. The van der Waals surface area contributed by atoms with E-state index in [0.717, 1.165) is 31.8 Å². The van der Waals surface area contributed by atoms with Crippen molar-refractivity contribution in [2.45, 2.75) is 38.2 Å². The number of carbonyl (C=O) groups excluding carboxylic acids is 1. The number of hydrogen-bond acceptors (Lipinski definition) is 5. The Labute approximate surface area is 174 Å². The maximum Gasteiger partial charge on any atom is 0.255 e. The van der Waals surface area contributed by atoms with Crippen LogP contribution in [-0.4, -0.2) is 63.9 Å². The molecule has 1 fully saturated rings. The lowest BCUT2D eigenvalue weighted by molar-refractivity contribution is 0.0849. The lowest BCUT2D eigenvalue weighted by Gasteiger charge is -2.35. The molecule has 0 bridgehead atoms. The van der Waals surface area contributed by atoms with Crippen LogP contribution in [-0.2, 0) is 4.74 Å². The highest BCUT2D eigenvalue weighted by molar-refractivity contribution is 5.97. The van der Waals surface area contributed by atoms with E-state index in [1.165, 1.54) is 25.8 Å². The van der Waals surface area contributed by atoms with Crippen LogP contribution in [0.15, 0.2) is 30.4 Å². The summed E-state index contributed by atoms with van der Waals surface area (Å²) in [4.78, 5) is 15.1. The summed E-state index contributed by atoms with van der Waals surface area (Å²) >= 11 is 0. The third kappa shape index (κ3) is 6.47. The fourth-order valence-electron chi connectivity index (χ4n) is 4.05. The molecule has 1 aliphatic heterocycles. The molecule has 6 nitrogen and oxygen atoms in total. The van der Waals surface area contributed by atoms with Gasteiger partial charge >= 0.3 is 0 Å². The summed E-state index contributed by atoms with van der Waals surface area (Å²) in [7, 11) is 3.24. The molecule has 29 heavy (non-hydrogen) atoms. The Morgan fingerprint density at radius 3 is 2.69 bits per heavy atom. The molecule has 1 aliphatic carbocycles. The molecule has 3 rings (SSSR count). The van der Waals surface area contributed by atoms with Gasteiger partial charge in [0.15, 0.2) is 0 Å². The quantitative estimate of drug-likeness (QED) is 0.507. The van der Waals surface area contributed by atoms with Gasteiger partial charge in [0, 0.05) is 39.4 Å². The van der Waals surface area contributed by atoms with Crippen molar-refractivity contribution in [1.82, 2.24) is 10.2 Å². The van der Waals surface area contributed by atoms with Gasteiger partial charge in [-0.3, -0.25) is 4.79 Å². The maximum atomic E-state index is 12.6. The van der Waals surface area contributed by atoms with E-state index >= 15 is 0 Å². The number of ether oxygens (including phenoxy) is 3. The normalized spacial score (nSPS) is 20.4. The van der Waals surface area contributed by atoms with Crippen LogP contribution in [0.25, 0.3) is 0 Å². The van der Waals surface area contributed by atoms with Crippen molar-refractivity contribution in [3.63, 3.8) is 0 Å². The molecule has 1 aromatic rings. The second kappa shape index (κ2) is 11.2. The summed E-state index contributed by atoms with van der Waals surface area (Å²) in [5.74, 6) is 1.92. The number of likely N-dealkylation sites (tertiary alicyclic amines) is 1. The number of nitrogens with zero attached hydrogens (tertiary/aromatic N) is 1. The SMILES string of the molecule is COCCNC(=O)c1ccc(OC)cc1OC1CCN(CC2CC=CCC2)CC1. The van der Waals surface area contributed by atoms with Crippen LogP contribution in [0.2, 0.25) is 0 Å². The maximum absolute atomic E-state index is 12.6. The average Bonchev–Trinajstić information content (AvgIpc) is 2.76. The molecule has 0 saturated carbocycles. The van der Waals surface area contributed by atoms with E-state index in [1.807, 2.05) is 6.07 Å². The Bertz CT molecular complexity index is 683. The number of allylic oxidation sites excluding steroid dienone is 2. The number of amides is 1. The van der Waals surface area contributed by atoms with Crippen LogP contribution in [0.4, 0.5) is 0 Å². The van der Waals surface area contributed by atoms with E-state index in [4.69, 9.17) is 14.2 Å². The highest BCUT2D eigenvalue weighted by atomic mass is 16.5. The molecule has 1 unspecified atom stereocenters. The van der Waals surface area contributed by atoms with Gasteiger partial charge in [0.05, 0.1) is 19.3 Å². The first-order valence-electron chi connectivity index (χ1n) is 10.7. The number of methoxy groups -OCH3 is 2. The van der Waals surface area contributed by atoms with Gasteiger partial charge < -0.3 is 24.4 Å². The van der Waals surface area contributed by atoms with E-state index in [9.17, 15) is 4.79 Å². The average molecular weight is 403 g/mol. The molecule has 1 atom stereocenters. The molecule has 1 heterocycles. The lowest BCUT2D eigenvalue weighted by atomic mass is 9.93. The zero-order valence-corrected chi connectivity index (χ0v) is 17.7. The molecule has 0 aromatic heterocycles. The number of hydrogen-bond donors (Lipinski definition) is 1. The van der Waals surface area contributed by atoms with Crippen LogP contribution < -0.4 is 14.8 Å². The molecule has 0 spiro atoms. The molecule has 1 saturated heterocycles. The second-order valence-electron chi connectivity index (χ2n) is 7.88. The van der Waals surface area contributed by atoms with Gasteiger partial charge in [-0.15, -0.1) is 0 Å². The largest absolute Gasteiger partial charge is 0.497 e. The number of piperidine rings is 1. The predicted molar refractivity (Wildman–Crippen MR) is 114 cm³/mol. The van der Waals surface area contributed by atoms with Crippen molar-refractivity contribution >= 4 is 5.91 Å². The van der Waals surface area contributed by atoms with Gasteiger partial charge in [-0.2, -0.15) is 0 Å². The van der Waals surface area contributed by atoms with E-state index < -0.39 is 0 Å². The fourth-order valence-corrected chi connectivity index (χ4v) is 4.05. The first-order valence-corrected chi connectivity index (χ1v) is 10.7. The highest BCUT2D eigenvalue weighted by Crippen LogP contribution is 2.28. The topological polar surface area (TPSA) is 60.0 Å². The smallest absolute Gasteiger partial charge is 0.255 e. The van der Waals surface area contributed by atoms with Crippen molar-refractivity contribution < 1.29 is 19.0 Å². The van der Waals surface area contributed by atoms with Crippen molar-refractivity contribution in [2.24, 2.45) is 5.92 Å². The second-order valence-corrected chi connectivity index (χ2v) is 7.88. The Hall–Kier alpha value is -2.05. The summed E-state index contributed by atoms with van der Waals surface area (Å²) in [6.07, 6.45) is 10.4. The summed E-state index contributed by atoms with van der Waals surface area (Å²) in [6.45, 7) is 4.22. The number of carbonyl (C=O) groups is 1. The van der Waals surface area contributed by atoms with Crippen LogP contribution >= 0.6 is 0 Å². The minimum absolute atomic E-state index is 0.120. The molecule has 1 amide bonds. The standard InChI is InChI=1S/C23H34N2O4/c1-27-15-12-24-23(26)21-9-8-20(28-2)16-22(21)29-19-10-13-25(14-11-19)17-18-6-4-3-5-7-18/h3-4,8-9,16,18-19H,5-7,10-15,17H2,1-2H3,(H,24,26). The fraction of sp³-hybridized carbons (Fsp3) is 0.609. The van der Waals surface area contributed by atoms with Crippen LogP contribution in [0.5, 0.6) is 11.5 Å². The molecule has 0 radical (unpaired) electrons. The van der Waals surface area contributed by atoms with Crippen LogP contribution in [0.1, 0.15) is 42.5 Å². The Kier molecular flexibility index (Phi) is 8.38. The number of nitrogens with one attached hydrogen (secondary N) is 1. The molecular weight excluding hydrogens is 368 g/mol. The summed E-state index contributed by atoms with van der Waals surface area (Å²) in [5.41, 5.74) is 0.540. The minimum Gasteiger partial charge on any atom is -0.497 e. The highest BCUT2D eigenvalue weighted by Gasteiger charge is 2.24. The van der Waals surface area contributed by atoms with Gasteiger partial charge in [-0.1, -0.05) is 12.2 Å². The molecule has 1 N–H and O–H groups in total. The number of benzene rings is 1. The van der Waals surface area contributed by atoms with Crippen molar-refractivity contribution in [2.75, 3.05) is 47.0 Å². The molecular formula is C23H34N2O4. The Balaban J connectivity index is 1.56. The zero-order valence-electron chi connectivity index (χ0n) is 17.7. The van der Waals surface area contributed by atoms with Crippen molar-refractivity contribution in [3.05, 3.63) is 35.9 Å². The Morgan fingerprint density at radius 2 is 2.00 bits per heavy atom. The summed E-state index contributed by atoms with van der Waals surface area (Å²) in [5, 5.41) is 2.87. The van der Waals surface area contributed by atoms with E-state index in [2.05, 4.69) is 22.4 Å². The van der Waals surface area contributed by atoms with Gasteiger partial charge in [0.2, 0.25) is 0 Å². The molecule has 160 valence electrons. The van der Waals surface area contributed by atoms with Gasteiger partial charge in [-0.25, -0.2) is 0 Å². The zero-order chi connectivity index (χ0) is 20.5. The predicted octanol–water partition coefficient (Wildman–Crippen LogP) is 3.27. The monoisotopic (exact) mass is 402 g/mol. The first kappa shape index (κ1) is 21.7. The summed E-state index contributed by atoms with van der Waals surface area (Å²) in [6, 6.07) is 5.37. The van der Waals surface area contributed by atoms with E-state index in [-0.39, 0.29) is 12.0 Å². The van der Waals surface area contributed by atoms with Crippen molar-refractivity contribution in [3.8, 4) is 11.5 Å². The molecule has 2 aliphatic rings. The lowest BCUT2D eigenvalue weighted by Crippen LogP contribution is -2.41. The third-order valence-electron chi connectivity index (χ3n) is 5.75. The van der Waals surface area contributed by atoms with Gasteiger partial charge in [0.1, 0.15) is 17.6 Å². The van der Waals surface area contributed by atoms with Gasteiger partial charge in [0.25, 0.3) is 5.91 Å². The first-order chi connectivity index (χ1) is 14.2.